The molecule has 2 fully saturated rings. The molecule has 0 radical (unpaired) electrons. The van der Waals surface area contributed by atoms with Crippen LogP contribution in [0, 0.1) is 0 Å². The summed E-state index contributed by atoms with van der Waals surface area (Å²) in [5, 5.41) is 5.62. The first-order chi connectivity index (χ1) is 10.7. The number of amides is 1. The number of hydrogen-bond donors (Lipinski definition) is 1. The van der Waals surface area contributed by atoms with Crippen LogP contribution in [0.4, 0.5) is 0 Å². The molecule has 5 heteroatoms. The number of carbonyl (C=O) groups excluding carboxylic acids is 1. The Morgan fingerprint density at radius 1 is 1.41 bits per heavy atom. The van der Waals surface area contributed by atoms with Crippen LogP contribution in [0.1, 0.15) is 37.0 Å². The Bertz CT molecular complexity index is 474. The van der Waals surface area contributed by atoms with E-state index in [1.54, 1.807) is 11.3 Å². The molecular weight excluding hydrogens is 294 g/mol. The van der Waals surface area contributed by atoms with E-state index in [-0.39, 0.29) is 11.4 Å². The molecule has 1 spiro atoms. The first-order valence-corrected chi connectivity index (χ1v) is 9.30. The Morgan fingerprint density at radius 2 is 2.23 bits per heavy atom. The van der Waals surface area contributed by atoms with Gasteiger partial charge < -0.3 is 10.2 Å². The highest BCUT2D eigenvalue weighted by molar-refractivity contribution is 7.09. The molecule has 122 valence electrons. The van der Waals surface area contributed by atoms with Crippen molar-refractivity contribution in [1.82, 2.24) is 15.1 Å². The normalized spacial score (nSPS) is 21.9. The second-order valence-corrected chi connectivity index (χ2v) is 7.74. The van der Waals surface area contributed by atoms with E-state index in [2.05, 4.69) is 21.7 Å². The Labute approximate surface area is 137 Å². The molecule has 1 aromatic heterocycles. The summed E-state index contributed by atoms with van der Waals surface area (Å²) in [5.41, 5.74) is 0.232. The lowest BCUT2D eigenvalue weighted by Gasteiger charge is -2.49. The van der Waals surface area contributed by atoms with Crippen LogP contribution in [0.25, 0.3) is 0 Å². The Balaban J connectivity index is 1.61. The lowest BCUT2D eigenvalue weighted by Crippen LogP contribution is -2.63. The Hall–Kier alpha value is -0.910. The Morgan fingerprint density at radius 3 is 2.95 bits per heavy atom. The van der Waals surface area contributed by atoms with Crippen molar-refractivity contribution < 1.29 is 4.79 Å². The summed E-state index contributed by atoms with van der Waals surface area (Å²) < 4.78 is 0. The third-order valence-electron chi connectivity index (χ3n) is 5.19. The fraction of sp³-hybridized carbons (Fsp3) is 0.706. The van der Waals surface area contributed by atoms with Crippen molar-refractivity contribution in [3.8, 4) is 0 Å². The summed E-state index contributed by atoms with van der Waals surface area (Å²) >= 11 is 1.72. The van der Waals surface area contributed by atoms with Crippen LogP contribution in [-0.2, 0) is 11.3 Å². The number of hydrogen-bond acceptors (Lipinski definition) is 4. The minimum absolute atomic E-state index is 0.232. The summed E-state index contributed by atoms with van der Waals surface area (Å²) in [6, 6.07) is 4.15. The van der Waals surface area contributed by atoms with Crippen molar-refractivity contribution >= 4 is 17.2 Å². The van der Waals surface area contributed by atoms with E-state index < -0.39 is 0 Å². The average molecular weight is 321 g/mol. The quantitative estimate of drug-likeness (QED) is 0.924. The maximum Gasteiger partial charge on any atom is 0.236 e. The lowest BCUT2D eigenvalue weighted by atomic mass is 9.79. The summed E-state index contributed by atoms with van der Waals surface area (Å²) in [7, 11) is 1.93. The SMILES string of the molecule is CN(Cc1cccs1)C(=O)CN1CCNCC12CCCCC2. The first-order valence-electron chi connectivity index (χ1n) is 8.42. The monoisotopic (exact) mass is 321 g/mol. The van der Waals surface area contributed by atoms with Crippen LogP contribution in [0.3, 0.4) is 0 Å². The van der Waals surface area contributed by atoms with E-state index in [9.17, 15) is 4.79 Å². The highest BCUT2D eigenvalue weighted by atomic mass is 32.1. The van der Waals surface area contributed by atoms with Gasteiger partial charge in [-0.05, 0) is 24.3 Å². The number of nitrogens with zero attached hydrogens (tertiary/aromatic N) is 2. The molecule has 1 aliphatic heterocycles. The number of piperazine rings is 1. The van der Waals surface area contributed by atoms with Gasteiger partial charge in [0.25, 0.3) is 0 Å². The zero-order valence-electron chi connectivity index (χ0n) is 13.5. The highest BCUT2D eigenvalue weighted by Crippen LogP contribution is 2.34. The van der Waals surface area contributed by atoms with Crippen LogP contribution in [0.5, 0.6) is 0 Å². The molecule has 0 atom stereocenters. The van der Waals surface area contributed by atoms with Gasteiger partial charge >= 0.3 is 0 Å². The summed E-state index contributed by atoms with van der Waals surface area (Å²) in [4.78, 5) is 18.2. The van der Waals surface area contributed by atoms with Crippen molar-refractivity contribution in [3.05, 3.63) is 22.4 Å². The first kappa shape index (κ1) is 16.0. The van der Waals surface area contributed by atoms with Gasteiger partial charge in [0.2, 0.25) is 5.91 Å². The molecule has 2 heterocycles. The van der Waals surface area contributed by atoms with Crippen LogP contribution in [-0.4, -0.2) is 54.5 Å². The molecule has 0 aromatic carbocycles. The predicted molar refractivity (Wildman–Crippen MR) is 91.1 cm³/mol. The molecule has 1 amide bonds. The summed E-state index contributed by atoms with van der Waals surface area (Å²) in [6.07, 6.45) is 6.43. The third kappa shape index (κ3) is 3.53. The lowest BCUT2D eigenvalue weighted by molar-refractivity contribution is -0.134. The maximum absolute atomic E-state index is 12.6. The molecule has 2 aliphatic rings. The van der Waals surface area contributed by atoms with Crippen molar-refractivity contribution in [2.24, 2.45) is 0 Å². The van der Waals surface area contributed by atoms with Crippen LogP contribution < -0.4 is 5.32 Å². The number of rotatable bonds is 4. The molecule has 0 unspecified atom stereocenters. The zero-order valence-corrected chi connectivity index (χ0v) is 14.3. The predicted octanol–water partition coefficient (Wildman–Crippen LogP) is 2.31. The fourth-order valence-corrected chi connectivity index (χ4v) is 4.60. The summed E-state index contributed by atoms with van der Waals surface area (Å²) in [6.45, 7) is 4.36. The van der Waals surface area contributed by atoms with Gasteiger partial charge in [0.05, 0.1) is 13.1 Å². The number of carbonyl (C=O) groups is 1. The van der Waals surface area contributed by atoms with Crippen molar-refractivity contribution in [3.63, 3.8) is 0 Å². The number of nitrogens with one attached hydrogen (secondary N) is 1. The van der Waals surface area contributed by atoms with Gasteiger partial charge in [-0.15, -0.1) is 11.3 Å². The smallest absolute Gasteiger partial charge is 0.236 e. The maximum atomic E-state index is 12.6. The van der Waals surface area contributed by atoms with Gasteiger partial charge in [-0.3, -0.25) is 9.69 Å². The van der Waals surface area contributed by atoms with E-state index in [1.165, 1.54) is 37.0 Å². The molecule has 1 N–H and O–H groups in total. The van der Waals surface area contributed by atoms with Crippen LogP contribution in [0.15, 0.2) is 17.5 Å². The Kier molecular flexibility index (Phi) is 5.16. The minimum atomic E-state index is 0.232. The van der Waals surface area contributed by atoms with Gasteiger partial charge in [0.15, 0.2) is 0 Å². The largest absolute Gasteiger partial charge is 0.340 e. The van der Waals surface area contributed by atoms with Gasteiger partial charge in [-0.1, -0.05) is 25.3 Å². The second kappa shape index (κ2) is 7.11. The van der Waals surface area contributed by atoms with E-state index >= 15 is 0 Å². The molecule has 4 nitrogen and oxygen atoms in total. The summed E-state index contributed by atoms with van der Waals surface area (Å²) in [5.74, 6) is 0.250. The number of thiophene rings is 1. The standard InChI is InChI=1S/C17H27N3OS/c1-19(12-15-6-5-11-22-15)16(21)13-20-10-9-18-14-17(20)7-3-2-4-8-17/h5-6,11,18H,2-4,7-10,12-14H2,1H3. The molecule has 1 aromatic rings. The van der Waals surface area contributed by atoms with Gasteiger partial charge in [-0.25, -0.2) is 0 Å². The van der Waals surface area contributed by atoms with Crippen molar-refractivity contribution in [1.29, 1.82) is 0 Å². The molecule has 1 saturated heterocycles. The zero-order chi connectivity index (χ0) is 15.4. The van der Waals surface area contributed by atoms with Crippen LogP contribution >= 0.6 is 11.3 Å². The molecule has 3 rings (SSSR count). The van der Waals surface area contributed by atoms with E-state index in [0.717, 1.165) is 26.2 Å². The van der Waals surface area contributed by atoms with Crippen LogP contribution in [0.2, 0.25) is 0 Å². The van der Waals surface area contributed by atoms with E-state index in [4.69, 9.17) is 0 Å². The van der Waals surface area contributed by atoms with E-state index in [0.29, 0.717) is 6.54 Å². The highest BCUT2D eigenvalue weighted by Gasteiger charge is 2.40. The minimum Gasteiger partial charge on any atom is -0.340 e. The van der Waals surface area contributed by atoms with Crippen molar-refractivity contribution in [2.75, 3.05) is 33.2 Å². The van der Waals surface area contributed by atoms with E-state index in [1.807, 2.05) is 18.0 Å². The molecule has 22 heavy (non-hydrogen) atoms. The second-order valence-electron chi connectivity index (χ2n) is 6.71. The molecule has 1 saturated carbocycles. The van der Waals surface area contributed by atoms with Gasteiger partial charge in [-0.2, -0.15) is 0 Å². The van der Waals surface area contributed by atoms with Gasteiger partial charge in [0, 0.05) is 37.1 Å². The molecular formula is C17H27N3OS. The molecule has 0 bridgehead atoms. The topological polar surface area (TPSA) is 35.6 Å². The molecule has 1 aliphatic carbocycles. The third-order valence-corrected chi connectivity index (χ3v) is 6.05. The van der Waals surface area contributed by atoms with Crippen molar-refractivity contribution in [2.45, 2.75) is 44.2 Å². The average Bonchev–Trinajstić information content (AvgIpc) is 3.03. The number of likely N-dealkylation sites (N-methyl/N-ethyl adjacent to an activating group) is 1. The van der Waals surface area contributed by atoms with Gasteiger partial charge in [0.1, 0.15) is 0 Å². The fourth-order valence-electron chi connectivity index (χ4n) is 3.84.